The average molecular weight is 413 g/mol. The third-order valence-corrected chi connectivity index (χ3v) is 5.92. The van der Waals surface area contributed by atoms with Gasteiger partial charge in [0.05, 0.1) is 23.5 Å². The molecule has 0 aliphatic carbocycles. The van der Waals surface area contributed by atoms with Crippen molar-refractivity contribution < 1.29 is 18.3 Å². The number of benzene rings is 3. The minimum Gasteiger partial charge on any atom is -0.394 e. The number of hydrogen-bond acceptors (Lipinski definition) is 4. The highest BCUT2D eigenvalue weighted by atomic mass is 32.2. The molecular formula is C22H24N2O4S. The summed E-state index contributed by atoms with van der Waals surface area (Å²) >= 11 is 0. The van der Waals surface area contributed by atoms with Gasteiger partial charge in [0.25, 0.3) is 10.0 Å². The highest BCUT2D eigenvalue weighted by Gasteiger charge is 2.20. The molecule has 0 saturated heterocycles. The summed E-state index contributed by atoms with van der Waals surface area (Å²) in [4.78, 5) is 12.3. The molecule has 0 spiro atoms. The first-order chi connectivity index (χ1) is 13.7. The van der Waals surface area contributed by atoms with E-state index >= 15 is 0 Å². The number of aliphatic hydroxyl groups is 1. The average Bonchev–Trinajstić information content (AvgIpc) is 2.68. The molecule has 3 N–H and O–H groups in total. The van der Waals surface area contributed by atoms with Crippen LogP contribution in [0.2, 0.25) is 0 Å². The molecule has 7 heteroatoms. The number of sulfonamides is 1. The molecule has 29 heavy (non-hydrogen) atoms. The molecule has 0 unspecified atom stereocenters. The van der Waals surface area contributed by atoms with Gasteiger partial charge in [0.1, 0.15) is 0 Å². The van der Waals surface area contributed by atoms with Crippen LogP contribution in [0.4, 0.5) is 5.69 Å². The highest BCUT2D eigenvalue weighted by Crippen LogP contribution is 2.25. The van der Waals surface area contributed by atoms with Gasteiger partial charge in [-0.2, -0.15) is 0 Å². The van der Waals surface area contributed by atoms with E-state index in [1.165, 1.54) is 0 Å². The molecule has 3 rings (SSSR count). The fourth-order valence-electron chi connectivity index (χ4n) is 2.98. The monoisotopic (exact) mass is 412 g/mol. The molecule has 1 amide bonds. The van der Waals surface area contributed by atoms with E-state index in [2.05, 4.69) is 10.0 Å². The highest BCUT2D eigenvalue weighted by molar-refractivity contribution is 7.93. The Hall–Kier alpha value is -2.90. The maximum absolute atomic E-state index is 12.9. The lowest BCUT2D eigenvalue weighted by atomic mass is 10.1. The number of rotatable bonds is 7. The van der Waals surface area contributed by atoms with Crippen molar-refractivity contribution in [2.75, 3.05) is 11.3 Å². The van der Waals surface area contributed by atoms with Gasteiger partial charge < -0.3 is 10.4 Å². The maximum Gasteiger partial charge on any atom is 0.262 e. The number of carbonyl (C=O) groups excluding carboxylic acids is 1. The van der Waals surface area contributed by atoms with Crippen molar-refractivity contribution in [1.82, 2.24) is 5.32 Å². The van der Waals surface area contributed by atoms with Crippen LogP contribution >= 0.6 is 0 Å². The van der Waals surface area contributed by atoms with E-state index < -0.39 is 15.6 Å². The molecule has 0 aliphatic heterocycles. The minimum absolute atomic E-state index is 0.139. The first-order valence-corrected chi connectivity index (χ1v) is 10.7. The van der Waals surface area contributed by atoms with Gasteiger partial charge in [-0.1, -0.05) is 48.5 Å². The van der Waals surface area contributed by atoms with Gasteiger partial charge in [-0.05, 0) is 43.0 Å². The van der Waals surface area contributed by atoms with E-state index in [9.17, 15) is 18.3 Å². The van der Waals surface area contributed by atoms with Gasteiger partial charge in [-0.3, -0.25) is 9.52 Å². The Balaban J connectivity index is 1.74. The van der Waals surface area contributed by atoms with Crippen LogP contribution in [-0.2, 0) is 21.2 Å². The maximum atomic E-state index is 12.9. The zero-order chi connectivity index (χ0) is 21.1. The first-order valence-electron chi connectivity index (χ1n) is 9.22. The van der Waals surface area contributed by atoms with Gasteiger partial charge >= 0.3 is 0 Å². The van der Waals surface area contributed by atoms with E-state index in [-0.39, 0.29) is 23.8 Å². The largest absolute Gasteiger partial charge is 0.394 e. The quantitative estimate of drug-likeness (QED) is 0.556. The molecule has 0 aromatic heterocycles. The van der Waals surface area contributed by atoms with E-state index in [1.807, 2.05) is 18.2 Å². The van der Waals surface area contributed by atoms with E-state index in [0.29, 0.717) is 11.1 Å². The van der Waals surface area contributed by atoms with E-state index in [1.54, 1.807) is 62.4 Å². The van der Waals surface area contributed by atoms with Gasteiger partial charge in [-0.15, -0.1) is 0 Å². The predicted molar refractivity (Wildman–Crippen MR) is 114 cm³/mol. The SMILES string of the molecule is CC(C)(CO)NC(=O)Cc1ccc(NS(=O)(=O)c2cccc3ccccc23)cc1. The molecule has 0 fully saturated rings. The van der Waals surface area contributed by atoms with E-state index in [4.69, 9.17) is 0 Å². The van der Waals surface area contributed by atoms with Crippen molar-refractivity contribution in [3.05, 3.63) is 72.3 Å². The smallest absolute Gasteiger partial charge is 0.262 e. The summed E-state index contributed by atoms with van der Waals surface area (Å²) in [6, 6.07) is 19.1. The zero-order valence-electron chi connectivity index (χ0n) is 16.3. The number of hydrogen-bond donors (Lipinski definition) is 3. The van der Waals surface area contributed by atoms with Crippen molar-refractivity contribution in [2.24, 2.45) is 0 Å². The summed E-state index contributed by atoms with van der Waals surface area (Å²) in [5.41, 5.74) is 0.465. The second-order valence-corrected chi connectivity index (χ2v) is 9.20. The third kappa shape index (κ3) is 5.13. The number of nitrogens with one attached hydrogen (secondary N) is 2. The molecule has 6 nitrogen and oxygen atoms in total. The van der Waals surface area contributed by atoms with Gasteiger partial charge in [-0.25, -0.2) is 8.42 Å². The minimum atomic E-state index is -3.76. The van der Waals surface area contributed by atoms with Gasteiger partial charge in [0.15, 0.2) is 0 Å². The Morgan fingerprint density at radius 3 is 2.31 bits per heavy atom. The fraction of sp³-hybridized carbons (Fsp3) is 0.227. The second kappa shape index (κ2) is 8.23. The third-order valence-electron chi connectivity index (χ3n) is 4.48. The van der Waals surface area contributed by atoms with Crippen molar-refractivity contribution in [2.45, 2.75) is 30.7 Å². The van der Waals surface area contributed by atoms with Crippen LogP contribution in [0, 0.1) is 0 Å². The van der Waals surface area contributed by atoms with Crippen LogP contribution in [0.25, 0.3) is 10.8 Å². The number of aliphatic hydroxyl groups excluding tert-OH is 1. The number of anilines is 1. The second-order valence-electron chi connectivity index (χ2n) is 7.55. The van der Waals surface area contributed by atoms with Crippen LogP contribution in [0.15, 0.2) is 71.6 Å². The Morgan fingerprint density at radius 2 is 1.62 bits per heavy atom. The van der Waals surface area contributed by atoms with Crippen LogP contribution < -0.4 is 10.0 Å². The lowest BCUT2D eigenvalue weighted by molar-refractivity contribution is -0.122. The van der Waals surface area contributed by atoms with E-state index in [0.717, 1.165) is 10.9 Å². The fourth-order valence-corrected chi connectivity index (χ4v) is 4.27. The molecule has 3 aromatic carbocycles. The summed E-state index contributed by atoms with van der Waals surface area (Å²) in [6.07, 6.45) is 0.139. The van der Waals surface area contributed by atoms with Crippen LogP contribution in [-0.4, -0.2) is 31.6 Å². The molecule has 0 bridgehead atoms. The standard InChI is InChI=1S/C22H24N2O4S/c1-22(2,15-25)23-21(26)14-16-10-12-18(13-11-16)24-29(27,28)20-9-5-7-17-6-3-4-8-19(17)20/h3-13,24-25H,14-15H2,1-2H3,(H,23,26). The summed E-state index contributed by atoms with van der Waals surface area (Å²) in [5.74, 6) is -0.215. The van der Waals surface area contributed by atoms with Crippen LogP contribution in [0.5, 0.6) is 0 Å². The van der Waals surface area contributed by atoms with Gasteiger partial charge in [0.2, 0.25) is 5.91 Å². The van der Waals surface area contributed by atoms with Crippen molar-refractivity contribution in [3.63, 3.8) is 0 Å². The summed E-state index contributed by atoms with van der Waals surface area (Å²) in [7, 11) is -3.76. The molecule has 0 atom stereocenters. The van der Waals surface area contributed by atoms with Crippen LogP contribution in [0.1, 0.15) is 19.4 Å². The zero-order valence-corrected chi connectivity index (χ0v) is 17.2. The molecular weight excluding hydrogens is 388 g/mol. The Bertz CT molecular complexity index is 1120. The Labute approximate surface area is 170 Å². The van der Waals surface area contributed by atoms with Crippen molar-refractivity contribution in [1.29, 1.82) is 0 Å². The Morgan fingerprint density at radius 1 is 0.966 bits per heavy atom. The number of fused-ring (bicyclic) bond motifs is 1. The lowest BCUT2D eigenvalue weighted by Gasteiger charge is -2.23. The molecule has 3 aromatic rings. The molecule has 0 radical (unpaired) electrons. The first kappa shape index (κ1) is 20.8. The Kier molecular flexibility index (Phi) is 5.91. The molecule has 0 aliphatic rings. The number of carbonyl (C=O) groups is 1. The lowest BCUT2D eigenvalue weighted by Crippen LogP contribution is -2.46. The topological polar surface area (TPSA) is 95.5 Å². The van der Waals surface area contributed by atoms with Crippen LogP contribution in [0.3, 0.4) is 0 Å². The number of amides is 1. The predicted octanol–water partition coefficient (Wildman–Crippen LogP) is 3.07. The molecule has 0 heterocycles. The normalized spacial score (nSPS) is 12.0. The summed E-state index contributed by atoms with van der Waals surface area (Å²) in [5, 5.41) is 13.5. The van der Waals surface area contributed by atoms with Gasteiger partial charge in [0, 0.05) is 11.1 Å². The van der Waals surface area contributed by atoms with Crippen molar-refractivity contribution in [3.8, 4) is 0 Å². The summed E-state index contributed by atoms with van der Waals surface area (Å²) < 4.78 is 28.3. The van der Waals surface area contributed by atoms with Crippen molar-refractivity contribution >= 4 is 32.4 Å². The molecule has 0 saturated carbocycles. The molecule has 152 valence electrons. The summed E-state index contributed by atoms with van der Waals surface area (Å²) in [6.45, 7) is 3.31.